The molecule has 6 nitrogen and oxygen atoms in total. The molecule has 2 heterocycles. The van der Waals surface area contributed by atoms with E-state index in [9.17, 15) is 4.79 Å². The lowest BCUT2D eigenvalue weighted by Gasteiger charge is -2.26. The molecular weight excluding hydrogens is 232 g/mol. The molecular formula is C12H16N4O2. The molecule has 0 aromatic carbocycles. The number of hydrogen-bond acceptors (Lipinski definition) is 5. The molecule has 1 amide bonds. The quantitative estimate of drug-likeness (QED) is 0.828. The maximum Gasteiger partial charge on any atom is 0.254 e. The van der Waals surface area contributed by atoms with Crippen LogP contribution in [-0.2, 0) is 4.74 Å². The van der Waals surface area contributed by atoms with Crippen molar-refractivity contribution in [2.75, 3.05) is 31.2 Å². The number of ether oxygens (including phenoxy) is 1. The molecule has 1 aromatic heterocycles. The first-order valence-electron chi connectivity index (χ1n) is 6.28. The average Bonchev–Trinajstić information content (AvgIpc) is 3.24. The maximum atomic E-state index is 11.8. The molecule has 18 heavy (non-hydrogen) atoms. The third kappa shape index (κ3) is 2.59. The molecule has 1 aliphatic carbocycles. The molecule has 1 saturated heterocycles. The third-order valence-corrected chi connectivity index (χ3v) is 3.11. The largest absolute Gasteiger partial charge is 0.378 e. The number of hydrogen-bond donors (Lipinski definition) is 1. The number of aromatic nitrogens is 2. The predicted molar refractivity (Wildman–Crippen MR) is 65.6 cm³/mol. The minimum atomic E-state index is -0.0778. The molecule has 0 bridgehead atoms. The molecule has 0 unspecified atom stereocenters. The van der Waals surface area contributed by atoms with E-state index in [1.165, 1.54) is 0 Å². The normalized spacial score (nSPS) is 19.7. The van der Waals surface area contributed by atoms with Crippen LogP contribution in [0.2, 0.25) is 0 Å². The van der Waals surface area contributed by atoms with Crippen molar-refractivity contribution in [1.82, 2.24) is 15.3 Å². The van der Waals surface area contributed by atoms with Crippen LogP contribution in [0.25, 0.3) is 0 Å². The van der Waals surface area contributed by atoms with Gasteiger partial charge >= 0.3 is 0 Å². The molecule has 1 saturated carbocycles. The van der Waals surface area contributed by atoms with Crippen LogP contribution in [-0.4, -0.2) is 48.2 Å². The summed E-state index contributed by atoms with van der Waals surface area (Å²) in [6, 6.07) is 0.358. The van der Waals surface area contributed by atoms with Gasteiger partial charge in [-0.3, -0.25) is 4.79 Å². The number of nitrogens with zero attached hydrogens (tertiary/aromatic N) is 3. The average molecular weight is 248 g/mol. The summed E-state index contributed by atoms with van der Waals surface area (Å²) in [6.45, 7) is 3.00. The molecule has 3 rings (SSSR count). The fourth-order valence-electron chi connectivity index (χ4n) is 1.86. The van der Waals surface area contributed by atoms with Gasteiger partial charge in [0.25, 0.3) is 5.91 Å². The van der Waals surface area contributed by atoms with Gasteiger partial charge in [-0.15, -0.1) is 0 Å². The van der Waals surface area contributed by atoms with E-state index in [2.05, 4.69) is 20.2 Å². The number of morpholine rings is 1. The molecule has 1 aromatic rings. The number of rotatable bonds is 3. The van der Waals surface area contributed by atoms with Gasteiger partial charge in [0, 0.05) is 31.5 Å². The number of carbonyl (C=O) groups is 1. The summed E-state index contributed by atoms with van der Waals surface area (Å²) in [6.07, 6.45) is 5.35. The maximum absolute atomic E-state index is 11.8. The standard InChI is InChI=1S/C12H16N4O2/c17-11(15-10-1-2-10)9-7-13-12(14-8-9)16-3-5-18-6-4-16/h7-8,10H,1-6H2,(H,15,17). The van der Waals surface area contributed by atoms with Crippen molar-refractivity contribution in [2.24, 2.45) is 0 Å². The van der Waals surface area contributed by atoms with Gasteiger partial charge in [-0.1, -0.05) is 0 Å². The van der Waals surface area contributed by atoms with Crippen LogP contribution in [0.4, 0.5) is 5.95 Å². The van der Waals surface area contributed by atoms with Crippen LogP contribution in [0.15, 0.2) is 12.4 Å². The lowest BCUT2D eigenvalue weighted by Crippen LogP contribution is -2.37. The first-order valence-corrected chi connectivity index (χ1v) is 6.28. The second kappa shape index (κ2) is 4.89. The highest BCUT2D eigenvalue weighted by molar-refractivity contribution is 5.94. The fourth-order valence-corrected chi connectivity index (χ4v) is 1.86. The Morgan fingerprint density at radius 1 is 1.28 bits per heavy atom. The van der Waals surface area contributed by atoms with E-state index in [1.807, 2.05) is 0 Å². The van der Waals surface area contributed by atoms with Crippen LogP contribution in [0.1, 0.15) is 23.2 Å². The van der Waals surface area contributed by atoms with E-state index in [0.717, 1.165) is 25.9 Å². The number of nitrogens with one attached hydrogen (secondary N) is 1. The van der Waals surface area contributed by atoms with Gasteiger partial charge in [-0.25, -0.2) is 9.97 Å². The fraction of sp³-hybridized carbons (Fsp3) is 0.583. The summed E-state index contributed by atoms with van der Waals surface area (Å²) in [5.74, 6) is 0.590. The van der Waals surface area contributed by atoms with Crippen molar-refractivity contribution in [3.8, 4) is 0 Å². The van der Waals surface area contributed by atoms with Gasteiger partial charge < -0.3 is 15.0 Å². The first kappa shape index (κ1) is 11.4. The third-order valence-electron chi connectivity index (χ3n) is 3.11. The molecule has 1 aliphatic heterocycles. The Balaban J connectivity index is 1.65. The van der Waals surface area contributed by atoms with Gasteiger partial charge in [0.05, 0.1) is 18.8 Å². The van der Waals surface area contributed by atoms with Crippen molar-refractivity contribution in [2.45, 2.75) is 18.9 Å². The molecule has 0 spiro atoms. The number of anilines is 1. The summed E-state index contributed by atoms with van der Waals surface area (Å²) in [5, 5.41) is 2.92. The zero-order valence-corrected chi connectivity index (χ0v) is 10.1. The van der Waals surface area contributed by atoms with Crippen LogP contribution in [0.5, 0.6) is 0 Å². The van der Waals surface area contributed by atoms with E-state index in [4.69, 9.17) is 4.74 Å². The Hall–Kier alpha value is -1.69. The van der Waals surface area contributed by atoms with E-state index in [0.29, 0.717) is 30.8 Å². The van der Waals surface area contributed by atoms with Crippen LogP contribution in [0.3, 0.4) is 0 Å². The van der Waals surface area contributed by atoms with Gasteiger partial charge in [-0.05, 0) is 12.8 Å². The highest BCUT2D eigenvalue weighted by Gasteiger charge is 2.24. The smallest absolute Gasteiger partial charge is 0.254 e. The summed E-state index contributed by atoms with van der Waals surface area (Å²) in [5.41, 5.74) is 0.527. The molecule has 1 N–H and O–H groups in total. The highest BCUT2D eigenvalue weighted by Crippen LogP contribution is 2.19. The van der Waals surface area contributed by atoms with Gasteiger partial charge in [0.15, 0.2) is 0 Å². The monoisotopic (exact) mass is 248 g/mol. The Kier molecular flexibility index (Phi) is 3.10. The predicted octanol–water partition coefficient (Wildman–Crippen LogP) is 0.205. The molecule has 0 radical (unpaired) electrons. The zero-order chi connectivity index (χ0) is 12.4. The van der Waals surface area contributed by atoms with Gasteiger partial charge in [0.1, 0.15) is 0 Å². The van der Waals surface area contributed by atoms with Crippen molar-refractivity contribution in [3.05, 3.63) is 18.0 Å². The molecule has 96 valence electrons. The summed E-state index contributed by atoms with van der Waals surface area (Å²) < 4.78 is 5.27. The first-order chi connectivity index (χ1) is 8.83. The Morgan fingerprint density at radius 3 is 2.56 bits per heavy atom. The van der Waals surface area contributed by atoms with Crippen LogP contribution < -0.4 is 10.2 Å². The van der Waals surface area contributed by atoms with Crippen molar-refractivity contribution < 1.29 is 9.53 Å². The van der Waals surface area contributed by atoms with Crippen molar-refractivity contribution in [3.63, 3.8) is 0 Å². The highest BCUT2D eigenvalue weighted by atomic mass is 16.5. The Morgan fingerprint density at radius 2 is 1.94 bits per heavy atom. The Bertz CT molecular complexity index is 424. The molecule has 2 aliphatic rings. The summed E-state index contributed by atoms with van der Waals surface area (Å²) >= 11 is 0. The molecule has 2 fully saturated rings. The van der Waals surface area contributed by atoms with E-state index in [1.54, 1.807) is 12.4 Å². The lowest BCUT2D eigenvalue weighted by molar-refractivity contribution is 0.0950. The van der Waals surface area contributed by atoms with Gasteiger partial charge in [-0.2, -0.15) is 0 Å². The van der Waals surface area contributed by atoms with Crippen LogP contribution in [0, 0.1) is 0 Å². The number of carbonyl (C=O) groups excluding carboxylic acids is 1. The second-order valence-electron chi connectivity index (χ2n) is 4.62. The Labute approximate surface area is 105 Å². The lowest BCUT2D eigenvalue weighted by atomic mass is 10.3. The van der Waals surface area contributed by atoms with E-state index < -0.39 is 0 Å². The second-order valence-corrected chi connectivity index (χ2v) is 4.62. The SMILES string of the molecule is O=C(NC1CC1)c1cnc(N2CCOCC2)nc1. The zero-order valence-electron chi connectivity index (χ0n) is 10.1. The van der Waals surface area contributed by atoms with Crippen molar-refractivity contribution >= 4 is 11.9 Å². The molecule has 6 heteroatoms. The minimum Gasteiger partial charge on any atom is -0.378 e. The summed E-state index contributed by atoms with van der Waals surface area (Å²) in [4.78, 5) is 22.3. The van der Waals surface area contributed by atoms with E-state index in [-0.39, 0.29) is 5.91 Å². The summed E-state index contributed by atoms with van der Waals surface area (Å²) in [7, 11) is 0. The van der Waals surface area contributed by atoms with Gasteiger partial charge in [0.2, 0.25) is 5.95 Å². The molecule has 0 atom stereocenters. The minimum absolute atomic E-state index is 0.0778. The topological polar surface area (TPSA) is 67.4 Å². The van der Waals surface area contributed by atoms with E-state index >= 15 is 0 Å². The number of amides is 1. The van der Waals surface area contributed by atoms with Crippen molar-refractivity contribution in [1.29, 1.82) is 0 Å². The van der Waals surface area contributed by atoms with Crippen LogP contribution >= 0.6 is 0 Å².